The fourth-order valence-corrected chi connectivity index (χ4v) is 2.20. The number of carbonyl (C=O) groups is 1. The fourth-order valence-electron chi connectivity index (χ4n) is 1.91. The second kappa shape index (κ2) is 6.99. The third-order valence-corrected chi connectivity index (χ3v) is 3.14. The van der Waals surface area contributed by atoms with Gasteiger partial charge in [-0.15, -0.1) is 0 Å². The number of ether oxygens (including phenoxy) is 1. The Kier molecular flexibility index (Phi) is 5.05. The van der Waals surface area contributed by atoms with Gasteiger partial charge < -0.3 is 20.4 Å². The molecule has 0 aliphatic carbocycles. The number of benzene rings is 1. The molecule has 0 saturated carbocycles. The Morgan fingerprint density at radius 1 is 1.52 bits per heavy atom. The highest BCUT2D eigenvalue weighted by Crippen LogP contribution is 2.29. The first-order valence-corrected chi connectivity index (χ1v) is 6.95. The number of anilines is 2. The molecule has 0 saturated heterocycles. The molecule has 1 aromatic heterocycles. The molecule has 21 heavy (non-hydrogen) atoms. The predicted octanol–water partition coefficient (Wildman–Crippen LogP) is 2.41. The molecule has 0 bridgehead atoms. The summed E-state index contributed by atoms with van der Waals surface area (Å²) in [6, 6.07) is 3.16. The van der Waals surface area contributed by atoms with Crippen molar-refractivity contribution in [3.05, 3.63) is 41.4 Å². The lowest BCUT2D eigenvalue weighted by Gasteiger charge is -2.14. The van der Waals surface area contributed by atoms with Crippen LogP contribution >= 0.6 is 11.6 Å². The van der Waals surface area contributed by atoms with Crippen LogP contribution in [0.1, 0.15) is 17.3 Å². The SMILES string of the molecule is CCOC(=O)c1cc(N)cc(Cl)c1NCCn1ccnc1. The van der Waals surface area contributed by atoms with Gasteiger partial charge in [-0.05, 0) is 19.1 Å². The minimum atomic E-state index is -0.447. The number of nitrogens with one attached hydrogen (secondary N) is 1. The third kappa shape index (κ3) is 3.88. The van der Waals surface area contributed by atoms with Crippen LogP contribution in [-0.4, -0.2) is 28.7 Å². The molecular formula is C14H17ClN4O2. The fraction of sp³-hybridized carbons (Fsp3) is 0.286. The van der Waals surface area contributed by atoms with E-state index in [-0.39, 0.29) is 0 Å². The van der Waals surface area contributed by atoms with Crippen LogP contribution in [0, 0.1) is 0 Å². The topological polar surface area (TPSA) is 82.2 Å². The molecule has 0 atom stereocenters. The molecule has 1 heterocycles. The van der Waals surface area contributed by atoms with Crippen molar-refractivity contribution in [3.8, 4) is 0 Å². The van der Waals surface area contributed by atoms with Gasteiger partial charge in [-0.25, -0.2) is 9.78 Å². The number of nitrogens with two attached hydrogens (primary N) is 1. The summed E-state index contributed by atoms with van der Waals surface area (Å²) < 4.78 is 6.94. The number of rotatable bonds is 6. The van der Waals surface area contributed by atoms with Gasteiger partial charge in [0.25, 0.3) is 0 Å². The van der Waals surface area contributed by atoms with Gasteiger partial charge in [-0.3, -0.25) is 0 Å². The molecule has 7 heteroatoms. The molecule has 1 aromatic carbocycles. The van der Waals surface area contributed by atoms with Crippen molar-refractivity contribution >= 4 is 28.9 Å². The van der Waals surface area contributed by atoms with Crippen LogP contribution < -0.4 is 11.1 Å². The smallest absolute Gasteiger partial charge is 0.340 e. The minimum absolute atomic E-state index is 0.291. The van der Waals surface area contributed by atoms with Gasteiger partial charge in [0.15, 0.2) is 0 Å². The second-order valence-electron chi connectivity index (χ2n) is 4.37. The summed E-state index contributed by atoms with van der Waals surface area (Å²) >= 11 is 6.17. The molecule has 6 nitrogen and oxygen atoms in total. The van der Waals surface area contributed by atoms with Crippen LogP contribution in [0.25, 0.3) is 0 Å². The highest BCUT2D eigenvalue weighted by Gasteiger charge is 2.16. The van der Waals surface area contributed by atoms with Crippen molar-refractivity contribution in [1.29, 1.82) is 0 Å². The number of nitrogen functional groups attached to an aromatic ring is 1. The summed E-state index contributed by atoms with van der Waals surface area (Å²) in [6.07, 6.45) is 5.29. The van der Waals surface area contributed by atoms with Crippen LogP contribution in [0.5, 0.6) is 0 Å². The number of aromatic nitrogens is 2. The van der Waals surface area contributed by atoms with E-state index < -0.39 is 5.97 Å². The normalized spacial score (nSPS) is 10.4. The second-order valence-corrected chi connectivity index (χ2v) is 4.78. The number of nitrogens with zero attached hydrogens (tertiary/aromatic N) is 2. The summed E-state index contributed by atoms with van der Waals surface area (Å²) in [5.74, 6) is -0.447. The molecule has 0 spiro atoms. The monoisotopic (exact) mass is 308 g/mol. The number of hydrogen-bond acceptors (Lipinski definition) is 5. The number of carbonyl (C=O) groups excluding carboxylic acids is 1. The Hall–Kier alpha value is -2.21. The molecular weight excluding hydrogens is 292 g/mol. The Labute approximate surface area is 127 Å². The highest BCUT2D eigenvalue weighted by molar-refractivity contribution is 6.34. The van der Waals surface area contributed by atoms with Crippen molar-refractivity contribution in [1.82, 2.24) is 9.55 Å². The first kappa shape index (κ1) is 15.2. The first-order valence-electron chi connectivity index (χ1n) is 6.57. The summed E-state index contributed by atoms with van der Waals surface area (Å²) in [7, 11) is 0. The predicted molar refractivity (Wildman–Crippen MR) is 82.5 cm³/mol. The molecule has 3 N–H and O–H groups in total. The standard InChI is InChI=1S/C14H17ClN4O2/c1-2-21-14(20)11-7-10(16)8-12(15)13(11)18-4-6-19-5-3-17-9-19/h3,5,7-9,18H,2,4,6,16H2,1H3. The maximum atomic E-state index is 12.0. The van der Waals surface area contributed by atoms with Crippen LogP contribution in [0.2, 0.25) is 5.02 Å². The van der Waals surface area contributed by atoms with E-state index in [1.54, 1.807) is 31.6 Å². The summed E-state index contributed by atoms with van der Waals surface area (Å²) in [6.45, 7) is 3.33. The summed E-state index contributed by atoms with van der Waals surface area (Å²) in [4.78, 5) is 15.9. The quantitative estimate of drug-likeness (QED) is 0.632. The molecule has 0 unspecified atom stereocenters. The van der Waals surface area contributed by atoms with E-state index in [1.165, 1.54) is 0 Å². The maximum absolute atomic E-state index is 12.0. The zero-order valence-electron chi connectivity index (χ0n) is 11.7. The maximum Gasteiger partial charge on any atom is 0.340 e. The Bertz CT molecular complexity index is 614. The third-order valence-electron chi connectivity index (χ3n) is 2.84. The lowest BCUT2D eigenvalue weighted by molar-refractivity contribution is 0.0527. The minimum Gasteiger partial charge on any atom is -0.462 e. The van der Waals surface area contributed by atoms with Crippen molar-refractivity contribution in [2.75, 3.05) is 24.2 Å². The van der Waals surface area contributed by atoms with E-state index in [4.69, 9.17) is 22.1 Å². The molecule has 0 fully saturated rings. The van der Waals surface area contributed by atoms with E-state index in [0.29, 0.717) is 41.7 Å². The van der Waals surface area contributed by atoms with Crippen molar-refractivity contribution < 1.29 is 9.53 Å². The number of esters is 1. The number of halogens is 1. The summed E-state index contributed by atoms with van der Waals surface area (Å²) in [5, 5.41) is 3.54. The number of imidazole rings is 1. The van der Waals surface area contributed by atoms with Crippen molar-refractivity contribution in [3.63, 3.8) is 0 Å². The van der Waals surface area contributed by atoms with E-state index in [1.807, 2.05) is 10.8 Å². The largest absolute Gasteiger partial charge is 0.462 e. The zero-order chi connectivity index (χ0) is 15.2. The van der Waals surface area contributed by atoms with Crippen LogP contribution in [-0.2, 0) is 11.3 Å². The van der Waals surface area contributed by atoms with Gasteiger partial charge in [0.05, 0.1) is 29.2 Å². The first-order chi connectivity index (χ1) is 10.1. The Morgan fingerprint density at radius 2 is 2.33 bits per heavy atom. The van der Waals surface area contributed by atoms with Crippen molar-refractivity contribution in [2.24, 2.45) is 0 Å². The van der Waals surface area contributed by atoms with Gasteiger partial charge in [0.2, 0.25) is 0 Å². The van der Waals surface area contributed by atoms with Gasteiger partial charge in [0, 0.05) is 31.2 Å². The van der Waals surface area contributed by atoms with Gasteiger partial charge in [-0.2, -0.15) is 0 Å². The molecule has 0 amide bonds. The van der Waals surface area contributed by atoms with Gasteiger partial charge in [-0.1, -0.05) is 11.6 Å². The van der Waals surface area contributed by atoms with E-state index >= 15 is 0 Å². The molecule has 0 aliphatic rings. The van der Waals surface area contributed by atoms with E-state index in [9.17, 15) is 4.79 Å². The van der Waals surface area contributed by atoms with Crippen LogP contribution in [0.3, 0.4) is 0 Å². The highest BCUT2D eigenvalue weighted by atomic mass is 35.5. The number of hydrogen-bond donors (Lipinski definition) is 2. The summed E-state index contributed by atoms with van der Waals surface area (Å²) in [5.41, 5.74) is 7.03. The van der Waals surface area contributed by atoms with E-state index in [0.717, 1.165) is 0 Å². The molecule has 2 aromatic rings. The average Bonchev–Trinajstić information content (AvgIpc) is 2.94. The van der Waals surface area contributed by atoms with Crippen LogP contribution in [0.15, 0.2) is 30.9 Å². The lowest BCUT2D eigenvalue weighted by Crippen LogP contribution is -2.14. The lowest BCUT2D eigenvalue weighted by atomic mass is 10.1. The van der Waals surface area contributed by atoms with E-state index in [2.05, 4.69) is 10.3 Å². The van der Waals surface area contributed by atoms with Gasteiger partial charge >= 0.3 is 5.97 Å². The Morgan fingerprint density at radius 3 is 3.00 bits per heavy atom. The molecule has 0 radical (unpaired) electrons. The van der Waals surface area contributed by atoms with Crippen LogP contribution in [0.4, 0.5) is 11.4 Å². The molecule has 2 rings (SSSR count). The van der Waals surface area contributed by atoms with Gasteiger partial charge in [0.1, 0.15) is 0 Å². The molecule has 112 valence electrons. The average molecular weight is 309 g/mol. The zero-order valence-corrected chi connectivity index (χ0v) is 12.4. The van der Waals surface area contributed by atoms with Crippen molar-refractivity contribution in [2.45, 2.75) is 13.5 Å². The Balaban J connectivity index is 2.14. The molecule has 0 aliphatic heterocycles.